The summed E-state index contributed by atoms with van der Waals surface area (Å²) in [5.74, 6) is 0.660. The first-order valence-corrected chi connectivity index (χ1v) is 8.17. The Labute approximate surface area is 123 Å². The van der Waals surface area contributed by atoms with Gasteiger partial charge in [0.2, 0.25) is 0 Å². The Bertz CT molecular complexity index is 511. The Kier molecular flexibility index (Phi) is 3.06. The highest BCUT2D eigenvalue weighted by Gasteiger charge is 2.68. The van der Waals surface area contributed by atoms with Crippen molar-refractivity contribution in [2.24, 2.45) is 16.7 Å². The van der Waals surface area contributed by atoms with Crippen molar-refractivity contribution in [1.29, 1.82) is 0 Å². The summed E-state index contributed by atoms with van der Waals surface area (Å²) in [5, 5.41) is 11.7. The van der Waals surface area contributed by atoms with E-state index >= 15 is 0 Å². The first-order chi connectivity index (χ1) is 9.35. The lowest BCUT2D eigenvalue weighted by Crippen LogP contribution is -2.51. The first kappa shape index (κ1) is 14.1. The third-order valence-corrected chi connectivity index (χ3v) is 6.45. The van der Waals surface area contributed by atoms with Crippen LogP contribution in [0.3, 0.4) is 0 Å². The summed E-state index contributed by atoms with van der Waals surface area (Å²) >= 11 is 0. The lowest BCUT2D eigenvalue weighted by atomic mass is 9.57. The van der Waals surface area contributed by atoms with Gasteiger partial charge < -0.3 is 5.11 Å². The molecule has 0 aliphatic heterocycles. The van der Waals surface area contributed by atoms with E-state index in [9.17, 15) is 5.11 Å². The highest BCUT2D eigenvalue weighted by molar-refractivity contribution is 5.36. The molecule has 3 unspecified atom stereocenters. The molecule has 2 aliphatic rings. The maximum absolute atomic E-state index is 11.7. The fraction of sp³-hybridized carbons (Fsp3) is 0.684. The largest absolute Gasteiger partial charge is 0.384 e. The smallest absolute Gasteiger partial charge is 0.100 e. The third kappa shape index (κ3) is 1.59. The van der Waals surface area contributed by atoms with Crippen LogP contribution in [0, 0.1) is 16.7 Å². The molecule has 2 aliphatic carbocycles. The van der Waals surface area contributed by atoms with E-state index in [0.29, 0.717) is 5.92 Å². The van der Waals surface area contributed by atoms with Crippen molar-refractivity contribution in [2.45, 2.75) is 65.4 Å². The molecule has 110 valence electrons. The van der Waals surface area contributed by atoms with E-state index in [-0.39, 0.29) is 10.8 Å². The predicted octanol–water partition coefficient (Wildman–Crippen LogP) is 4.67. The van der Waals surface area contributed by atoms with Crippen molar-refractivity contribution in [3.8, 4) is 0 Å². The highest BCUT2D eigenvalue weighted by Crippen LogP contribution is 2.71. The van der Waals surface area contributed by atoms with Crippen molar-refractivity contribution < 1.29 is 5.11 Å². The average molecular weight is 272 g/mol. The SMILES string of the molecule is CCCc1cccc(C2(O)C3(C)CCC(C3)C2(C)C)c1. The van der Waals surface area contributed by atoms with E-state index in [1.165, 1.54) is 18.4 Å². The molecule has 20 heavy (non-hydrogen) atoms. The predicted molar refractivity (Wildman–Crippen MR) is 83.6 cm³/mol. The van der Waals surface area contributed by atoms with Crippen LogP contribution < -0.4 is 0 Å². The van der Waals surface area contributed by atoms with Gasteiger partial charge in [-0.05, 0) is 42.7 Å². The molecule has 0 saturated heterocycles. The second kappa shape index (κ2) is 4.34. The van der Waals surface area contributed by atoms with Gasteiger partial charge in [-0.2, -0.15) is 0 Å². The Morgan fingerprint density at radius 2 is 2.00 bits per heavy atom. The topological polar surface area (TPSA) is 20.2 Å². The van der Waals surface area contributed by atoms with Gasteiger partial charge in [-0.3, -0.25) is 0 Å². The van der Waals surface area contributed by atoms with Crippen LogP contribution in [-0.4, -0.2) is 5.11 Å². The molecule has 1 aromatic rings. The molecular weight excluding hydrogens is 244 g/mol. The van der Waals surface area contributed by atoms with Gasteiger partial charge in [0.15, 0.2) is 0 Å². The fourth-order valence-corrected chi connectivity index (χ4v) is 5.22. The van der Waals surface area contributed by atoms with Crippen LogP contribution in [0.5, 0.6) is 0 Å². The standard InChI is InChI=1S/C19H28O/c1-5-7-14-8-6-9-15(12-14)19(20)17(2,3)16-10-11-18(19,4)13-16/h6,8-9,12,16,20H,5,7,10-11,13H2,1-4H3. The summed E-state index contributed by atoms with van der Waals surface area (Å²) in [6.45, 7) is 9.06. The molecule has 0 aromatic heterocycles. The molecule has 0 spiro atoms. The Balaban J connectivity index is 2.09. The molecule has 1 heteroatoms. The van der Waals surface area contributed by atoms with Crippen LogP contribution >= 0.6 is 0 Å². The van der Waals surface area contributed by atoms with Crippen LogP contribution in [0.4, 0.5) is 0 Å². The molecule has 0 amide bonds. The van der Waals surface area contributed by atoms with Crippen LogP contribution in [0.15, 0.2) is 24.3 Å². The normalized spacial score (nSPS) is 38.4. The first-order valence-electron chi connectivity index (χ1n) is 8.17. The van der Waals surface area contributed by atoms with E-state index < -0.39 is 5.60 Å². The lowest BCUT2D eigenvalue weighted by Gasteiger charge is -2.51. The van der Waals surface area contributed by atoms with Crippen LogP contribution in [0.1, 0.15) is 64.5 Å². The van der Waals surface area contributed by atoms with Crippen molar-refractivity contribution in [3.05, 3.63) is 35.4 Å². The summed E-state index contributed by atoms with van der Waals surface area (Å²) in [4.78, 5) is 0. The number of rotatable bonds is 3. The lowest BCUT2D eigenvalue weighted by molar-refractivity contribution is -0.150. The number of benzene rings is 1. The van der Waals surface area contributed by atoms with E-state index in [1.807, 2.05) is 0 Å². The Morgan fingerprint density at radius 3 is 2.60 bits per heavy atom. The highest BCUT2D eigenvalue weighted by atomic mass is 16.3. The minimum absolute atomic E-state index is 0.0230. The van der Waals surface area contributed by atoms with Crippen LogP contribution in [-0.2, 0) is 12.0 Å². The molecule has 0 radical (unpaired) electrons. The van der Waals surface area contributed by atoms with Crippen LogP contribution in [0.2, 0.25) is 0 Å². The van der Waals surface area contributed by atoms with Crippen molar-refractivity contribution >= 4 is 0 Å². The van der Waals surface area contributed by atoms with Gasteiger partial charge in [-0.1, -0.05) is 58.4 Å². The number of aryl methyl sites for hydroxylation is 1. The molecular formula is C19H28O. The van der Waals surface area contributed by atoms with Gasteiger partial charge in [0, 0.05) is 10.8 Å². The molecule has 1 N–H and O–H groups in total. The molecule has 2 bridgehead atoms. The van der Waals surface area contributed by atoms with Gasteiger partial charge in [-0.25, -0.2) is 0 Å². The van der Waals surface area contributed by atoms with Gasteiger partial charge in [0.05, 0.1) is 0 Å². The van der Waals surface area contributed by atoms with Gasteiger partial charge in [0.25, 0.3) is 0 Å². The minimum atomic E-state index is -0.674. The van der Waals surface area contributed by atoms with Crippen molar-refractivity contribution in [2.75, 3.05) is 0 Å². The number of fused-ring (bicyclic) bond motifs is 2. The average Bonchev–Trinajstić information content (AvgIpc) is 2.87. The molecule has 1 nitrogen and oxygen atoms in total. The maximum Gasteiger partial charge on any atom is 0.100 e. The van der Waals surface area contributed by atoms with Gasteiger partial charge >= 0.3 is 0 Å². The summed E-state index contributed by atoms with van der Waals surface area (Å²) in [6, 6.07) is 8.73. The van der Waals surface area contributed by atoms with E-state index in [4.69, 9.17) is 0 Å². The molecule has 2 saturated carbocycles. The molecule has 1 aromatic carbocycles. The third-order valence-electron chi connectivity index (χ3n) is 6.45. The number of hydrogen-bond donors (Lipinski definition) is 1. The number of hydrogen-bond acceptors (Lipinski definition) is 1. The monoisotopic (exact) mass is 272 g/mol. The quantitative estimate of drug-likeness (QED) is 0.847. The fourth-order valence-electron chi connectivity index (χ4n) is 5.22. The summed E-state index contributed by atoms with van der Waals surface area (Å²) in [5.41, 5.74) is 1.86. The summed E-state index contributed by atoms with van der Waals surface area (Å²) < 4.78 is 0. The zero-order valence-corrected chi connectivity index (χ0v) is 13.4. The molecule has 3 rings (SSSR count). The Morgan fingerprint density at radius 1 is 1.25 bits per heavy atom. The molecule has 2 fully saturated rings. The molecule has 3 atom stereocenters. The van der Waals surface area contributed by atoms with Crippen molar-refractivity contribution in [1.82, 2.24) is 0 Å². The van der Waals surface area contributed by atoms with E-state index in [0.717, 1.165) is 24.8 Å². The summed E-state index contributed by atoms with van der Waals surface area (Å²) in [7, 11) is 0. The molecule has 0 heterocycles. The summed E-state index contributed by atoms with van der Waals surface area (Å²) in [6.07, 6.45) is 5.88. The Hall–Kier alpha value is -0.820. The van der Waals surface area contributed by atoms with E-state index in [1.54, 1.807) is 0 Å². The number of aliphatic hydroxyl groups is 1. The zero-order chi connectivity index (χ0) is 14.6. The van der Waals surface area contributed by atoms with Gasteiger partial charge in [0.1, 0.15) is 5.60 Å². The van der Waals surface area contributed by atoms with E-state index in [2.05, 4.69) is 52.0 Å². The van der Waals surface area contributed by atoms with Crippen molar-refractivity contribution in [3.63, 3.8) is 0 Å². The second-order valence-electron chi connectivity index (χ2n) is 7.88. The zero-order valence-electron chi connectivity index (χ0n) is 13.4. The maximum atomic E-state index is 11.7. The van der Waals surface area contributed by atoms with Crippen LogP contribution in [0.25, 0.3) is 0 Å². The second-order valence-corrected chi connectivity index (χ2v) is 7.88. The van der Waals surface area contributed by atoms with Gasteiger partial charge in [-0.15, -0.1) is 0 Å². The minimum Gasteiger partial charge on any atom is -0.384 e.